The third kappa shape index (κ3) is 3.47. The fraction of sp³-hybridized carbons (Fsp3) is 0.500. The van der Waals surface area contributed by atoms with Gasteiger partial charge in [-0.2, -0.15) is 0 Å². The smallest absolute Gasteiger partial charge is 0.196 e. The Morgan fingerprint density at radius 3 is 2.75 bits per heavy atom. The first-order valence-corrected chi connectivity index (χ1v) is 2.33. The number of rotatable bonds is 3. The average molecular weight is 114 g/mol. The van der Waals surface area contributed by atoms with E-state index >= 15 is 0 Å². The van der Waals surface area contributed by atoms with E-state index in [0.29, 0.717) is 0 Å². The highest BCUT2D eigenvalue weighted by Gasteiger charge is 1.90. The first kappa shape index (κ1) is 7.28. The van der Waals surface area contributed by atoms with Crippen LogP contribution in [0.5, 0.6) is 0 Å². The van der Waals surface area contributed by atoms with Crippen LogP contribution in [0.15, 0.2) is 18.6 Å². The molecule has 0 aromatic carbocycles. The van der Waals surface area contributed by atoms with Crippen molar-refractivity contribution in [3.63, 3.8) is 0 Å². The molecule has 0 saturated carbocycles. The van der Waals surface area contributed by atoms with Crippen molar-refractivity contribution in [2.75, 3.05) is 7.11 Å². The second kappa shape index (κ2) is 4.44. The van der Waals surface area contributed by atoms with E-state index in [1.807, 2.05) is 0 Å². The van der Waals surface area contributed by atoms with Crippen molar-refractivity contribution in [1.29, 1.82) is 0 Å². The second-order valence-electron chi connectivity index (χ2n) is 1.26. The summed E-state index contributed by atoms with van der Waals surface area (Å²) in [4.78, 5) is 0. The zero-order valence-electron chi connectivity index (χ0n) is 5.18. The van der Waals surface area contributed by atoms with Crippen molar-refractivity contribution >= 4 is 0 Å². The fourth-order valence-electron chi connectivity index (χ4n) is 0.199. The van der Waals surface area contributed by atoms with Gasteiger partial charge >= 0.3 is 0 Å². The molecule has 1 unspecified atom stereocenters. The van der Waals surface area contributed by atoms with Crippen LogP contribution >= 0.6 is 0 Å². The maximum absolute atomic E-state index is 4.82. The number of ether oxygens (including phenoxy) is 2. The van der Waals surface area contributed by atoms with Gasteiger partial charge in [0.15, 0.2) is 6.29 Å². The second-order valence-corrected chi connectivity index (χ2v) is 1.26. The van der Waals surface area contributed by atoms with Crippen LogP contribution < -0.4 is 0 Å². The zero-order chi connectivity index (χ0) is 6.41. The fourth-order valence-corrected chi connectivity index (χ4v) is 0.199. The van der Waals surface area contributed by atoms with Gasteiger partial charge in [0.25, 0.3) is 0 Å². The Labute approximate surface area is 49.4 Å². The van der Waals surface area contributed by atoms with Gasteiger partial charge in [-0.05, 0) is 6.92 Å². The highest BCUT2D eigenvalue weighted by atomic mass is 16.7. The molecule has 0 aromatic heterocycles. The maximum Gasteiger partial charge on any atom is 0.196 e. The highest BCUT2D eigenvalue weighted by molar-refractivity contribution is 4.64. The zero-order valence-corrected chi connectivity index (χ0v) is 5.18. The molecule has 0 bridgehead atoms. The SMILES string of the molecule is C=C=COC(C)OC. The molecule has 0 aliphatic heterocycles. The van der Waals surface area contributed by atoms with Gasteiger partial charge in [-0.25, -0.2) is 0 Å². The van der Waals surface area contributed by atoms with Gasteiger partial charge < -0.3 is 9.47 Å². The van der Waals surface area contributed by atoms with Crippen LogP contribution in [0.25, 0.3) is 0 Å². The Balaban J connectivity index is 3.23. The molecular formula is C6H10O2. The van der Waals surface area contributed by atoms with Gasteiger partial charge in [0, 0.05) is 7.11 Å². The van der Waals surface area contributed by atoms with Gasteiger partial charge in [0.1, 0.15) is 6.26 Å². The van der Waals surface area contributed by atoms with Crippen molar-refractivity contribution in [3.8, 4) is 0 Å². The summed E-state index contributed by atoms with van der Waals surface area (Å²) < 4.78 is 9.55. The van der Waals surface area contributed by atoms with Crippen LogP contribution in [0, 0.1) is 0 Å². The summed E-state index contributed by atoms with van der Waals surface area (Å²) in [6, 6.07) is 0. The number of methoxy groups -OCH3 is 1. The normalized spacial score (nSPS) is 11.8. The summed E-state index contributed by atoms with van der Waals surface area (Å²) in [7, 11) is 1.57. The summed E-state index contributed by atoms with van der Waals surface area (Å²) >= 11 is 0. The van der Waals surface area contributed by atoms with Crippen LogP contribution in [-0.4, -0.2) is 13.4 Å². The van der Waals surface area contributed by atoms with E-state index in [0.717, 1.165) is 0 Å². The van der Waals surface area contributed by atoms with Gasteiger partial charge in [-0.15, -0.1) is 0 Å². The molecule has 0 amide bonds. The molecule has 0 N–H and O–H groups in total. The van der Waals surface area contributed by atoms with E-state index in [1.54, 1.807) is 14.0 Å². The van der Waals surface area contributed by atoms with Crippen molar-refractivity contribution in [2.45, 2.75) is 13.2 Å². The van der Waals surface area contributed by atoms with Gasteiger partial charge in [-0.1, -0.05) is 12.3 Å². The molecule has 46 valence electrons. The molecule has 0 spiro atoms. The first-order valence-electron chi connectivity index (χ1n) is 2.33. The predicted octanol–water partition coefficient (Wildman–Crippen LogP) is 1.29. The van der Waals surface area contributed by atoms with Gasteiger partial charge in [-0.3, -0.25) is 0 Å². The molecule has 2 nitrogen and oxygen atoms in total. The lowest BCUT2D eigenvalue weighted by Gasteiger charge is -2.05. The lowest BCUT2D eigenvalue weighted by Crippen LogP contribution is -2.04. The minimum atomic E-state index is -0.204. The minimum Gasteiger partial charge on any atom is -0.465 e. The highest BCUT2D eigenvalue weighted by Crippen LogP contribution is 1.88. The van der Waals surface area contributed by atoms with Crippen molar-refractivity contribution in [3.05, 3.63) is 18.6 Å². The first-order chi connectivity index (χ1) is 3.81. The third-order valence-corrected chi connectivity index (χ3v) is 0.675. The van der Waals surface area contributed by atoms with E-state index in [-0.39, 0.29) is 6.29 Å². The molecule has 0 saturated heterocycles. The van der Waals surface area contributed by atoms with E-state index < -0.39 is 0 Å². The lowest BCUT2D eigenvalue weighted by atomic mass is 10.7. The maximum atomic E-state index is 4.82. The topological polar surface area (TPSA) is 18.5 Å². The lowest BCUT2D eigenvalue weighted by molar-refractivity contribution is -0.0676. The molecule has 8 heavy (non-hydrogen) atoms. The van der Waals surface area contributed by atoms with Crippen molar-refractivity contribution < 1.29 is 9.47 Å². The van der Waals surface area contributed by atoms with Crippen LogP contribution in [0.1, 0.15) is 6.92 Å². The number of hydrogen-bond acceptors (Lipinski definition) is 2. The van der Waals surface area contributed by atoms with Crippen LogP contribution in [0.2, 0.25) is 0 Å². The van der Waals surface area contributed by atoms with E-state index in [4.69, 9.17) is 9.47 Å². The van der Waals surface area contributed by atoms with Crippen LogP contribution in [0.4, 0.5) is 0 Å². The molecular weight excluding hydrogens is 104 g/mol. The molecule has 0 aromatic rings. The third-order valence-electron chi connectivity index (χ3n) is 0.675. The summed E-state index contributed by atoms with van der Waals surface area (Å²) in [6.45, 7) is 5.09. The summed E-state index contributed by atoms with van der Waals surface area (Å²) in [6.07, 6.45) is 1.16. The van der Waals surface area contributed by atoms with E-state index in [2.05, 4.69) is 12.3 Å². The molecule has 1 atom stereocenters. The summed E-state index contributed by atoms with van der Waals surface area (Å²) in [5.74, 6) is 0. The molecule has 2 heteroatoms. The largest absolute Gasteiger partial charge is 0.465 e. The Morgan fingerprint density at radius 1 is 1.75 bits per heavy atom. The Morgan fingerprint density at radius 2 is 2.38 bits per heavy atom. The molecule has 0 rings (SSSR count). The quantitative estimate of drug-likeness (QED) is 0.313. The van der Waals surface area contributed by atoms with Crippen molar-refractivity contribution in [2.24, 2.45) is 0 Å². The molecule has 0 aliphatic rings. The van der Waals surface area contributed by atoms with Crippen LogP contribution in [-0.2, 0) is 9.47 Å². The Hall–Kier alpha value is -0.720. The standard InChI is InChI=1S/C6H10O2/c1-4-5-8-6(2)7-3/h5-6H,1H2,2-3H3. The van der Waals surface area contributed by atoms with Gasteiger partial charge in [0.05, 0.1) is 0 Å². The molecule has 0 heterocycles. The molecule has 0 fully saturated rings. The minimum absolute atomic E-state index is 0.204. The Bertz CT molecular complexity index is 92.7. The van der Waals surface area contributed by atoms with Gasteiger partial charge in [0.2, 0.25) is 0 Å². The van der Waals surface area contributed by atoms with Crippen LogP contribution in [0.3, 0.4) is 0 Å². The van der Waals surface area contributed by atoms with E-state index in [9.17, 15) is 0 Å². The monoisotopic (exact) mass is 114 g/mol. The number of hydrogen-bond donors (Lipinski definition) is 0. The molecule has 0 radical (unpaired) electrons. The van der Waals surface area contributed by atoms with Crippen molar-refractivity contribution in [1.82, 2.24) is 0 Å². The summed E-state index contributed by atoms with van der Waals surface area (Å²) in [5, 5.41) is 0. The predicted molar refractivity (Wildman–Crippen MR) is 31.3 cm³/mol. The van der Waals surface area contributed by atoms with E-state index in [1.165, 1.54) is 6.26 Å². The summed E-state index contributed by atoms with van der Waals surface area (Å²) in [5.41, 5.74) is 2.46. The Kier molecular flexibility index (Phi) is 4.04. The average Bonchev–Trinajstić information content (AvgIpc) is 1.83. The molecule has 0 aliphatic carbocycles.